The summed E-state index contributed by atoms with van der Waals surface area (Å²) in [5.41, 5.74) is 12.9. The molecule has 2 atom stereocenters. The molecule has 37 heavy (non-hydrogen) atoms. The molecular formula is C30H41N5O2. The molecule has 3 N–H and O–H groups in total. The van der Waals surface area contributed by atoms with Gasteiger partial charge >= 0.3 is 5.97 Å². The van der Waals surface area contributed by atoms with Crippen LogP contribution in [0, 0.1) is 19.3 Å². The van der Waals surface area contributed by atoms with Gasteiger partial charge < -0.3 is 15.8 Å². The van der Waals surface area contributed by atoms with Gasteiger partial charge in [-0.3, -0.25) is 14.4 Å². The van der Waals surface area contributed by atoms with Crippen LogP contribution in [0.2, 0.25) is 0 Å². The minimum atomic E-state index is -0.796. The number of benzene rings is 2. The molecule has 2 aromatic carbocycles. The lowest BCUT2D eigenvalue weighted by molar-refractivity contribution is -0.151. The molecule has 0 saturated carbocycles. The Hall–Kier alpha value is -3.32. The third-order valence-corrected chi connectivity index (χ3v) is 8.05. The largest absolute Gasteiger partial charge is 0.469 e. The van der Waals surface area contributed by atoms with Gasteiger partial charge in [0.2, 0.25) is 0 Å². The van der Waals surface area contributed by atoms with Gasteiger partial charge in [0.05, 0.1) is 29.9 Å². The summed E-state index contributed by atoms with van der Waals surface area (Å²) >= 11 is 0. The molecule has 198 valence electrons. The molecule has 0 spiro atoms. The second-order valence-electron chi connectivity index (χ2n) is 10.8. The number of hydrogen-bond donors (Lipinski definition) is 2. The van der Waals surface area contributed by atoms with Crippen molar-refractivity contribution < 1.29 is 9.53 Å². The lowest BCUT2D eigenvalue weighted by Crippen LogP contribution is -2.36. The molecular weight excluding hydrogens is 462 g/mol. The minimum absolute atomic E-state index is 0.217. The molecule has 0 bridgehead atoms. The molecule has 1 saturated heterocycles. The Bertz CT molecular complexity index is 1240. The second-order valence-corrected chi connectivity index (χ2v) is 10.8. The van der Waals surface area contributed by atoms with E-state index in [1.54, 1.807) is 0 Å². The number of piperidine rings is 1. The van der Waals surface area contributed by atoms with Crippen molar-refractivity contribution in [2.75, 3.05) is 38.3 Å². The highest BCUT2D eigenvalue weighted by Gasteiger charge is 2.41. The zero-order valence-corrected chi connectivity index (χ0v) is 23.0. The van der Waals surface area contributed by atoms with Crippen molar-refractivity contribution in [2.45, 2.75) is 59.0 Å². The normalized spacial score (nSPS) is 17.4. The van der Waals surface area contributed by atoms with E-state index < -0.39 is 5.41 Å². The van der Waals surface area contributed by atoms with E-state index in [1.165, 1.54) is 18.2 Å². The lowest BCUT2D eigenvalue weighted by atomic mass is 9.69. The summed E-state index contributed by atoms with van der Waals surface area (Å²) < 4.78 is 7.37. The smallest absolute Gasteiger partial charge is 0.312 e. The Labute approximate surface area is 221 Å². The maximum absolute atomic E-state index is 13.1. The van der Waals surface area contributed by atoms with Crippen LogP contribution in [-0.4, -0.2) is 47.9 Å². The Kier molecular flexibility index (Phi) is 7.93. The van der Waals surface area contributed by atoms with Gasteiger partial charge in [0.25, 0.3) is 0 Å². The van der Waals surface area contributed by atoms with Crippen molar-refractivity contribution in [3.63, 3.8) is 0 Å². The molecule has 4 rings (SSSR count). The first-order chi connectivity index (χ1) is 17.7. The van der Waals surface area contributed by atoms with Crippen molar-refractivity contribution in [1.29, 1.82) is 0 Å². The number of nitrogen functional groups attached to an aromatic ring is 1. The van der Waals surface area contributed by atoms with E-state index in [-0.39, 0.29) is 11.9 Å². The van der Waals surface area contributed by atoms with Crippen LogP contribution < -0.4 is 11.1 Å². The summed E-state index contributed by atoms with van der Waals surface area (Å²) in [7, 11) is 3.32. The topological polar surface area (TPSA) is 85.4 Å². The van der Waals surface area contributed by atoms with Crippen LogP contribution in [0.5, 0.6) is 0 Å². The summed E-state index contributed by atoms with van der Waals surface area (Å²) in [5.74, 6) is -0.459. The Morgan fingerprint density at radius 2 is 2.05 bits per heavy atom. The van der Waals surface area contributed by atoms with E-state index in [9.17, 15) is 4.79 Å². The molecule has 2 heterocycles. The second kappa shape index (κ2) is 11.0. The molecule has 0 radical (unpaired) electrons. The van der Waals surface area contributed by atoms with Crippen molar-refractivity contribution in [2.24, 2.45) is 5.41 Å². The first kappa shape index (κ1) is 26.7. The highest BCUT2D eigenvalue weighted by atomic mass is 16.5. The molecule has 2 unspecified atom stereocenters. The Balaban J connectivity index is 1.72. The number of anilines is 2. The summed E-state index contributed by atoms with van der Waals surface area (Å²) in [6.45, 7) is 11.0. The number of ether oxygens (including phenoxy) is 1. The number of likely N-dealkylation sites (tertiary alicyclic amines) is 1. The number of nitrogens with zero attached hydrogens (tertiary/aromatic N) is 3. The molecule has 1 aliphatic heterocycles. The number of aryl methyl sites for hydroxylation is 1. The Morgan fingerprint density at radius 1 is 1.27 bits per heavy atom. The summed E-state index contributed by atoms with van der Waals surface area (Å²) in [5, 5.41) is 7.64. The van der Waals surface area contributed by atoms with E-state index in [4.69, 9.17) is 10.5 Å². The van der Waals surface area contributed by atoms with E-state index >= 15 is 0 Å². The van der Waals surface area contributed by atoms with Gasteiger partial charge in [-0.1, -0.05) is 24.3 Å². The van der Waals surface area contributed by atoms with Gasteiger partial charge in [0.15, 0.2) is 0 Å². The number of carbonyl (C=O) groups is 1. The number of hydrogen-bond acceptors (Lipinski definition) is 6. The predicted octanol–water partition coefficient (Wildman–Crippen LogP) is 5.29. The van der Waals surface area contributed by atoms with Crippen LogP contribution >= 0.6 is 0 Å². The van der Waals surface area contributed by atoms with Crippen molar-refractivity contribution >= 4 is 17.3 Å². The third kappa shape index (κ3) is 5.37. The van der Waals surface area contributed by atoms with Crippen LogP contribution in [0.1, 0.15) is 66.5 Å². The highest BCUT2D eigenvalue weighted by Crippen LogP contribution is 2.45. The van der Waals surface area contributed by atoms with Crippen LogP contribution in [0.3, 0.4) is 0 Å². The van der Waals surface area contributed by atoms with Gasteiger partial charge in [-0.15, -0.1) is 0 Å². The van der Waals surface area contributed by atoms with E-state index in [2.05, 4.69) is 57.4 Å². The summed E-state index contributed by atoms with van der Waals surface area (Å²) in [6, 6.07) is 13.1. The average Bonchev–Trinajstić information content (AvgIpc) is 3.43. The van der Waals surface area contributed by atoms with E-state index in [0.717, 1.165) is 54.9 Å². The van der Waals surface area contributed by atoms with Crippen LogP contribution in [-0.2, 0) is 16.1 Å². The highest BCUT2D eigenvalue weighted by molar-refractivity contribution is 5.79. The number of nitrogens with one attached hydrogen (secondary N) is 1. The van der Waals surface area contributed by atoms with Gasteiger partial charge in [-0.25, -0.2) is 0 Å². The number of nitrogens with two attached hydrogens (primary N) is 1. The fraction of sp³-hybridized carbons (Fsp3) is 0.467. The molecule has 7 heteroatoms. The standard InChI is InChI=1S/C30H41N5O2/c1-20-10-11-22(17-23(20)18-34-15-7-9-24(19-34)35-16-8-14-33-35)27(30(3,4)29(36)37-6)25-12-13-26(32-5)28(31)21(25)2/h8,10-14,16-17,24,27,32H,7,9,15,18-19,31H2,1-6H3. The van der Waals surface area contributed by atoms with Crippen LogP contribution in [0.4, 0.5) is 11.4 Å². The van der Waals surface area contributed by atoms with Gasteiger partial charge in [0.1, 0.15) is 0 Å². The zero-order valence-electron chi connectivity index (χ0n) is 23.0. The van der Waals surface area contributed by atoms with Crippen LogP contribution in [0.25, 0.3) is 0 Å². The van der Waals surface area contributed by atoms with Gasteiger partial charge in [-0.05, 0) is 87.0 Å². The first-order valence-corrected chi connectivity index (χ1v) is 13.1. The van der Waals surface area contributed by atoms with E-state index in [1.807, 2.05) is 46.1 Å². The minimum Gasteiger partial charge on any atom is -0.469 e. The van der Waals surface area contributed by atoms with Gasteiger partial charge in [0, 0.05) is 38.4 Å². The maximum atomic E-state index is 13.1. The van der Waals surface area contributed by atoms with Crippen molar-refractivity contribution in [3.05, 3.63) is 76.6 Å². The third-order valence-electron chi connectivity index (χ3n) is 8.05. The Morgan fingerprint density at radius 3 is 2.73 bits per heavy atom. The first-order valence-electron chi connectivity index (χ1n) is 13.1. The monoisotopic (exact) mass is 503 g/mol. The molecule has 0 amide bonds. The summed E-state index contributed by atoms with van der Waals surface area (Å²) in [4.78, 5) is 15.6. The lowest BCUT2D eigenvalue weighted by Gasteiger charge is -2.35. The average molecular weight is 504 g/mol. The summed E-state index contributed by atoms with van der Waals surface area (Å²) in [6.07, 6.45) is 6.22. The van der Waals surface area contributed by atoms with Crippen molar-refractivity contribution in [1.82, 2.24) is 14.7 Å². The maximum Gasteiger partial charge on any atom is 0.312 e. The fourth-order valence-electron chi connectivity index (χ4n) is 5.81. The van der Waals surface area contributed by atoms with Gasteiger partial charge in [-0.2, -0.15) is 5.10 Å². The predicted molar refractivity (Wildman–Crippen MR) is 150 cm³/mol. The number of esters is 1. The number of methoxy groups -OCH3 is 1. The molecule has 1 aromatic heterocycles. The van der Waals surface area contributed by atoms with Crippen LogP contribution in [0.15, 0.2) is 48.8 Å². The molecule has 1 fully saturated rings. The molecule has 3 aromatic rings. The SMILES string of the molecule is CNc1ccc(C(c2ccc(C)c(CN3CCCC(n4cccn4)C3)c2)C(C)(C)C(=O)OC)c(C)c1N. The molecule has 0 aliphatic carbocycles. The van der Waals surface area contributed by atoms with E-state index in [0.29, 0.717) is 11.7 Å². The number of aromatic nitrogens is 2. The zero-order chi connectivity index (χ0) is 26.7. The quantitative estimate of drug-likeness (QED) is 0.321. The molecule has 1 aliphatic rings. The van der Waals surface area contributed by atoms with Crippen molar-refractivity contribution in [3.8, 4) is 0 Å². The molecule has 7 nitrogen and oxygen atoms in total. The number of carbonyl (C=O) groups excluding carboxylic acids is 1. The fourth-order valence-corrected chi connectivity index (χ4v) is 5.81. The number of rotatable bonds is 8.